The number of rotatable bonds is 8. The smallest absolute Gasteiger partial charge is 0.351 e. The fourth-order valence-corrected chi connectivity index (χ4v) is 2.35. The molecule has 1 unspecified atom stereocenters. The molecule has 132 valence electrons. The number of carbonyl (C=O) groups is 1. The Balaban J connectivity index is 2.62. The van der Waals surface area contributed by atoms with E-state index in [9.17, 15) is 18.0 Å². The molecule has 1 atom stereocenters. The van der Waals surface area contributed by atoms with Crippen LogP contribution in [0.2, 0.25) is 0 Å². The summed E-state index contributed by atoms with van der Waals surface area (Å²) in [6, 6.07) is -1.90. The lowest BCUT2D eigenvalue weighted by Crippen LogP contribution is -2.45. The molecule has 1 heterocycles. The van der Waals surface area contributed by atoms with Crippen LogP contribution in [0.1, 0.15) is 39.2 Å². The molecule has 0 spiro atoms. The first-order valence-electron chi connectivity index (χ1n) is 7.51. The Bertz CT molecular complexity index is 483. The first-order valence-corrected chi connectivity index (χ1v) is 7.51. The van der Waals surface area contributed by atoms with Gasteiger partial charge in [0.1, 0.15) is 6.04 Å². The number of aromatic nitrogens is 2. The molecule has 0 fully saturated rings. The van der Waals surface area contributed by atoms with Crippen molar-refractivity contribution >= 4 is 5.91 Å². The molecule has 0 aromatic carbocycles. The van der Waals surface area contributed by atoms with E-state index >= 15 is 0 Å². The summed E-state index contributed by atoms with van der Waals surface area (Å²) >= 11 is 0. The zero-order valence-electron chi connectivity index (χ0n) is 14.0. The molecule has 1 rings (SSSR count). The van der Waals surface area contributed by atoms with Gasteiger partial charge >= 0.3 is 6.18 Å². The number of halogens is 3. The first kappa shape index (κ1) is 19.5. The van der Waals surface area contributed by atoms with Gasteiger partial charge in [-0.2, -0.15) is 13.2 Å². The minimum Gasteiger partial charge on any atom is -0.351 e. The number of carbonyl (C=O) groups excluding carboxylic acids is 1. The molecule has 8 heteroatoms. The highest BCUT2D eigenvalue weighted by molar-refractivity contribution is 5.77. The van der Waals surface area contributed by atoms with Gasteiger partial charge in [0, 0.05) is 17.9 Å². The Labute approximate surface area is 134 Å². The first-order chi connectivity index (χ1) is 10.5. The number of hydrogen-bond acceptors (Lipinski definition) is 3. The van der Waals surface area contributed by atoms with Crippen LogP contribution >= 0.6 is 0 Å². The third-order valence-electron chi connectivity index (χ3n) is 3.53. The van der Waals surface area contributed by atoms with E-state index in [0.717, 1.165) is 23.9 Å². The van der Waals surface area contributed by atoms with E-state index < -0.39 is 30.1 Å². The predicted molar refractivity (Wildman–Crippen MR) is 81.9 cm³/mol. The van der Waals surface area contributed by atoms with Crippen molar-refractivity contribution < 1.29 is 18.0 Å². The van der Waals surface area contributed by atoms with Gasteiger partial charge in [-0.15, -0.1) is 0 Å². The molecule has 0 bridgehead atoms. The van der Waals surface area contributed by atoms with Crippen LogP contribution in [0, 0.1) is 0 Å². The predicted octanol–water partition coefficient (Wildman–Crippen LogP) is 2.61. The number of hydrogen-bond donors (Lipinski definition) is 1. The van der Waals surface area contributed by atoms with E-state index in [1.54, 1.807) is 0 Å². The zero-order valence-corrected chi connectivity index (χ0v) is 14.0. The van der Waals surface area contributed by atoms with Crippen molar-refractivity contribution in [1.82, 2.24) is 19.8 Å². The van der Waals surface area contributed by atoms with Gasteiger partial charge in [-0.05, 0) is 47.3 Å². The third-order valence-corrected chi connectivity index (χ3v) is 3.53. The lowest BCUT2D eigenvalue weighted by molar-refractivity contribution is -0.173. The molecule has 1 N–H and O–H groups in total. The van der Waals surface area contributed by atoms with Gasteiger partial charge in [0.05, 0.1) is 12.7 Å². The van der Waals surface area contributed by atoms with Crippen molar-refractivity contribution in [3.63, 3.8) is 0 Å². The monoisotopic (exact) mass is 334 g/mol. The van der Waals surface area contributed by atoms with Crippen LogP contribution in [0.25, 0.3) is 0 Å². The summed E-state index contributed by atoms with van der Waals surface area (Å²) in [5.74, 6) is -0.615. The molecule has 0 saturated carbocycles. The molecular formula is C15H25F3N4O. The summed E-state index contributed by atoms with van der Waals surface area (Å²) in [6.07, 6.45) is -0.0591. The molecule has 0 aliphatic carbocycles. The van der Waals surface area contributed by atoms with Crippen LogP contribution in [-0.4, -0.2) is 52.7 Å². The Hall–Kier alpha value is -1.57. The van der Waals surface area contributed by atoms with Crippen molar-refractivity contribution in [3.8, 4) is 0 Å². The van der Waals surface area contributed by atoms with Crippen molar-refractivity contribution in [3.05, 3.63) is 18.7 Å². The Morgan fingerprint density at radius 2 is 2.00 bits per heavy atom. The summed E-state index contributed by atoms with van der Waals surface area (Å²) in [7, 11) is 3.90. The van der Waals surface area contributed by atoms with Crippen LogP contribution in [0.5, 0.6) is 0 Å². The van der Waals surface area contributed by atoms with Crippen molar-refractivity contribution in [2.45, 2.75) is 50.9 Å². The molecule has 23 heavy (non-hydrogen) atoms. The van der Waals surface area contributed by atoms with Gasteiger partial charge in [0.2, 0.25) is 5.91 Å². The topological polar surface area (TPSA) is 50.2 Å². The summed E-state index contributed by atoms with van der Waals surface area (Å²) in [6.45, 7) is 4.50. The number of imidazole rings is 1. The summed E-state index contributed by atoms with van der Waals surface area (Å²) in [5.41, 5.74) is -0.543. The molecule has 0 aliphatic rings. The summed E-state index contributed by atoms with van der Waals surface area (Å²) < 4.78 is 40.3. The van der Waals surface area contributed by atoms with Gasteiger partial charge < -0.3 is 14.8 Å². The van der Waals surface area contributed by atoms with Crippen LogP contribution in [-0.2, 0) is 4.79 Å². The van der Waals surface area contributed by atoms with Crippen LogP contribution in [0.3, 0.4) is 0 Å². The van der Waals surface area contributed by atoms with Gasteiger partial charge in [-0.1, -0.05) is 0 Å². The van der Waals surface area contributed by atoms with E-state index in [4.69, 9.17) is 0 Å². The van der Waals surface area contributed by atoms with E-state index in [-0.39, 0.29) is 0 Å². The highest BCUT2D eigenvalue weighted by Gasteiger charge is 2.42. The highest BCUT2D eigenvalue weighted by atomic mass is 19.4. The second-order valence-corrected chi connectivity index (χ2v) is 6.61. The minimum absolute atomic E-state index is 0.543. The lowest BCUT2D eigenvalue weighted by atomic mass is 9.97. The highest BCUT2D eigenvalue weighted by Crippen LogP contribution is 2.33. The molecule has 0 aliphatic heterocycles. The number of nitrogens with zero attached hydrogens (tertiary/aromatic N) is 3. The van der Waals surface area contributed by atoms with Crippen molar-refractivity contribution in [1.29, 1.82) is 0 Å². The zero-order chi connectivity index (χ0) is 17.7. The normalized spacial score (nSPS) is 14.1. The van der Waals surface area contributed by atoms with Gasteiger partial charge in [0.15, 0.2) is 0 Å². The minimum atomic E-state index is -4.51. The average molecular weight is 334 g/mol. The molecule has 1 aromatic rings. The largest absolute Gasteiger partial charge is 0.409 e. The van der Waals surface area contributed by atoms with E-state index in [1.165, 1.54) is 12.4 Å². The molecule has 0 saturated heterocycles. The third kappa shape index (κ3) is 7.02. The average Bonchev–Trinajstić information content (AvgIpc) is 2.86. The van der Waals surface area contributed by atoms with E-state index in [2.05, 4.69) is 10.3 Å². The molecule has 1 aromatic heterocycles. The summed E-state index contributed by atoms with van der Waals surface area (Å²) in [5, 5.41) is 2.70. The Morgan fingerprint density at radius 3 is 2.48 bits per heavy atom. The number of nitrogens with one attached hydrogen (secondary N) is 1. The van der Waals surface area contributed by atoms with Crippen molar-refractivity contribution in [2.75, 3.05) is 20.6 Å². The second-order valence-electron chi connectivity index (χ2n) is 6.61. The second kappa shape index (κ2) is 7.81. The van der Waals surface area contributed by atoms with E-state index in [0.29, 0.717) is 6.42 Å². The maximum absolute atomic E-state index is 13.1. The Morgan fingerprint density at radius 1 is 1.35 bits per heavy atom. The van der Waals surface area contributed by atoms with Crippen LogP contribution < -0.4 is 5.32 Å². The van der Waals surface area contributed by atoms with Gasteiger partial charge in [-0.25, -0.2) is 4.98 Å². The molecule has 1 amide bonds. The number of amides is 1. The quantitative estimate of drug-likeness (QED) is 0.795. The summed E-state index contributed by atoms with van der Waals surface area (Å²) in [4.78, 5) is 17.7. The van der Waals surface area contributed by atoms with Gasteiger partial charge in [0.25, 0.3) is 0 Å². The number of alkyl halides is 3. The van der Waals surface area contributed by atoms with Gasteiger partial charge in [-0.3, -0.25) is 4.79 Å². The lowest BCUT2D eigenvalue weighted by Gasteiger charge is -2.29. The molecule has 5 nitrogen and oxygen atoms in total. The van der Waals surface area contributed by atoms with Crippen LogP contribution in [0.4, 0.5) is 13.2 Å². The Kier molecular flexibility index (Phi) is 6.61. The maximum atomic E-state index is 13.1. The van der Waals surface area contributed by atoms with E-state index in [1.807, 2.05) is 32.8 Å². The van der Waals surface area contributed by atoms with Crippen molar-refractivity contribution in [2.24, 2.45) is 0 Å². The SMILES string of the molecule is CN(C)CCCC(C)(C)NC(=O)CC(n1ccnc1)C(F)(F)F. The molecule has 0 radical (unpaired) electrons. The fourth-order valence-electron chi connectivity index (χ4n) is 2.35. The molecular weight excluding hydrogens is 309 g/mol. The maximum Gasteiger partial charge on any atom is 0.409 e. The fraction of sp³-hybridized carbons (Fsp3) is 0.733. The van der Waals surface area contributed by atoms with Crippen LogP contribution in [0.15, 0.2) is 18.7 Å². The standard InChI is InChI=1S/C15H25F3N4O/c1-14(2,6-5-8-21(3)4)20-13(23)10-12(15(16,17)18)22-9-7-19-11-22/h7,9,11-12H,5-6,8,10H2,1-4H3,(H,20,23).